The first kappa shape index (κ1) is 18.9. The van der Waals surface area contributed by atoms with Crippen LogP contribution in [0.4, 0.5) is 8.78 Å². The number of ether oxygens (including phenoxy) is 3. The van der Waals surface area contributed by atoms with Gasteiger partial charge >= 0.3 is 12.1 Å². The Morgan fingerprint density at radius 1 is 1.21 bits per heavy atom. The second-order valence-electron chi connectivity index (χ2n) is 7.34. The summed E-state index contributed by atoms with van der Waals surface area (Å²) in [5.41, 5.74) is 4.26. The van der Waals surface area contributed by atoms with Crippen LogP contribution in [0.1, 0.15) is 41.9 Å². The number of methoxy groups -OCH3 is 1. The lowest BCUT2D eigenvalue weighted by molar-refractivity contribution is -0.232. The lowest BCUT2D eigenvalue weighted by atomic mass is 9.91. The molecule has 2 aliphatic rings. The second-order valence-corrected chi connectivity index (χ2v) is 7.34. The van der Waals surface area contributed by atoms with Gasteiger partial charge in [0.25, 0.3) is 0 Å². The minimum absolute atomic E-state index is 0.169. The van der Waals surface area contributed by atoms with Crippen molar-refractivity contribution in [2.24, 2.45) is 0 Å². The predicted molar refractivity (Wildman–Crippen MR) is 100.0 cm³/mol. The van der Waals surface area contributed by atoms with E-state index >= 15 is 0 Å². The van der Waals surface area contributed by atoms with Gasteiger partial charge in [-0.3, -0.25) is 0 Å². The summed E-state index contributed by atoms with van der Waals surface area (Å²) in [7, 11) is 0.777. The molecule has 0 spiro atoms. The van der Waals surface area contributed by atoms with Crippen LogP contribution >= 0.6 is 0 Å². The van der Waals surface area contributed by atoms with E-state index in [1.807, 2.05) is 30.3 Å². The van der Waals surface area contributed by atoms with Crippen LogP contribution < -0.4 is 9.47 Å². The van der Waals surface area contributed by atoms with E-state index in [1.54, 1.807) is 6.92 Å². The van der Waals surface area contributed by atoms with Gasteiger partial charge in [0.2, 0.25) is 0 Å². The maximum atomic E-state index is 13.7. The molecule has 1 aliphatic heterocycles. The van der Waals surface area contributed by atoms with Crippen molar-refractivity contribution >= 4 is 5.97 Å². The van der Waals surface area contributed by atoms with Gasteiger partial charge in [-0.25, -0.2) is 4.79 Å². The average molecular weight is 388 g/mol. The maximum Gasteiger partial charge on any atom is 0.456 e. The van der Waals surface area contributed by atoms with Crippen LogP contribution in [-0.2, 0) is 16.0 Å². The molecule has 4 rings (SSSR count). The molecular formula is C22H22F2O4. The molecule has 6 heteroatoms. The SMILES string of the molecule is COC(F)(F)C(=O)Oc1c(C)ccc(C2CC2)c1-c1ccc2c(c1)CCCO2. The average Bonchev–Trinajstić information content (AvgIpc) is 3.54. The van der Waals surface area contributed by atoms with E-state index in [2.05, 4.69) is 4.74 Å². The molecule has 0 unspecified atom stereocenters. The molecule has 0 atom stereocenters. The number of aryl methyl sites for hydroxylation is 2. The molecular weight excluding hydrogens is 366 g/mol. The Labute approximate surface area is 162 Å². The van der Waals surface area contributed by atoms with Crippen LogP contribution in [0.2, 0.25) is 0 Å². The summed E-state index contributed by atoms with van der Waals surface area (Å²) in [5.74, 6) is -0.347. The van der Waals surface area contributed by atoms with Gasteiger partial charge in [-0.15, -0.1) is 0 Å². The first-order valence-electron chi connectivity index (χ1n) is 9.45. The van der Waals surface area contributed by atoms with Crippen molar-refractivity contribution in [1.82, 2.24) is 0 Å². The molecule has 1 saturated carbocycles. The molecule has 0 bridgehead atoms. The van der Waals surface area contributed by atoms with Crippen molar-refractivity contribution in [1.29, 1.82) is 0 Å². The fourth-order valence-electron chi connectivity index (χ4n) is 3.62. The molecule has 1 aliphatic carbocycles. The Morgan fingerprint density at radius 2 is 2.00 bits per heavy atom. The van der Waals surface area contributed by atoms with Gasteiger partial charge in [0.15, 0.2) is 0 Å². The van der Waals surface area contributed by atoms with E-state index in [0.717, 1.165) is 55.2 Å². The second kappa shape index (κ2) is 7.17. The van der Waals surface area contributed by atoms with Crippen LogP contribution in [0, 0.1) is 6.92 Å². The maximum absolute atomic E-state index is 13.7. The zero-order chi connectivity index (χ0) is 19.9. The first-order valence-corrected chi connectivity index (χ1v) is 9.45. The third kappa shape index (κ3) is 3.49. The first-order chi connectivity index (χ1) is 13.4. The summed E-state index contributed by atoms with van der Waals surface area (Å²) in [5, 5.41) is 0. The predicted octanol–water partition coefficient (Wildman–Crippen LogP) is 5.01. The number of esters is 1. The van der Waals surface area contributed by atoms with Crippen molar-refractivity contribution in [3.63, 3.8) is 0 Å². The fourth-order valence-corrected chi connectivity index (χ4v) is 3.62. The van der Waals surface area contributed by atoms with Crippen LogP contribution in [0.25, 0.3) is 11.1 Å². The lowest BCUT2D eigenvalue weighted by Gasteiger charge is -2.22. The summed E-state index contributed by atoms with van der Waals surface area (Å²) in [6, 6.07) is 9.63. The highest BCUT2D eigenvalue weighted by Gasteiger charge is 2.42. The van der Waals surface area contributed by atoms with Crippen LogP contribution in [-0.4, -0.2) is 25.8 Å². The summed E-state index contributed by atoms with van der Waals surface area (Å²) >= 11 is 0. The van der Waals surface area contributed by atoms with Gasteiger partial charge < -0.3 is 14.2 Å². The van der Waals surface area contributed by atoms with E-state index < -0.39 is 12.1 Å². The van der Waals surface area contributed by atoms with Crippen molar-refractivity contribution < 1.29 is 27.8 Å². The normalized spacial score (nSPS) is 16.3. The number of hydrogen-bond acceptors (Lipinski definition) is 4. The Hall–Kier alpha value is -2.47. The Balaban J connectivity index is 1.83. The highest BCUT2D eigenvalue weighted by atomic mass is 19.3. The number of rotatable bonds is 5. The lowest BCUT2D eigenvalue weighted by Crippen LogP contribution is -2.35. The van der Waals surface area contributed by atoms with Crippen LogP contribution in [0.3, 0.4) is 0 Å². The van der Waals surface area contributed by atoms with Crippen molar-refractivity contribution in [2.75, 3.05) is 13.7 Å². The number of carbonyl (C=O) groups excluding carboxylic acids is 1. The van der Waals surface area contributed by atoms with Gasteiger partial charge in [-0.1, -0.05) is 18.2 Å². The summed E-state index contributed by atoms with van der Waals surface area (Å²) in [4.78, 5) is 12.0. The van der Waals surface area contributed by atoms with Gasteiger partial charge in [0, 0.05) is 12.7 Å². The number of fused-ring (bicyclic) bond motifs is 1. The summed E-state index contributed by atoms with van der Waals surface area (Å²) in [6.07, 6.45) is -0.104. The van der Waals surface area contributed by atoms with Gasteiger partial charge in [0.05, 0.1) is 6.61 Å². The summed E-state index contributed by atoms with van der Waals surface area (Å²) in [6.45, 7) is 2.44. The number of carbonyl (C=O) groups is 1. The number of alkyl halides is 2. The molecule has 0 saturated heterocycles. The molecule has 0 radical (unpaired) electrons. The molecule has 0 N–H and O–H groups in total. The highest BCUT2D eigenvalue weighted by molar-refractivity contribution is 5.84. The zero-order valence-electron chi connectivity index (χ0n) is 15.9. The Morgan fingerprint density at radius 3 is 2.71 bits per heavy atom. The van der Waals surface area contributed by atoms with E-state index in [9.17, 15) is 13.6 Å². The molecule has 0 aromatic heterocycles. The Kier molecular flexibility index (Phi) is 4.83. The van der Waals surface area contributed by atoms with Gasteiger partial charge in [-0.05, 0) is 72.9 Å². The topological polar surface area (TPSA) is 44.8 Å². The summed E-state index contributed by atoms with van der Waals surface area (Å²) < 4.78 is 42.2. The monoisotopic (exact) mass is 388 g/mol. The minimum atomic E-state index is -4.00. The minimum Gasteiger partial charge on any atom is -0.493 e. The van der Waals surface area contributed by atoms with E-state index in [4.69, 9.17) is 9.47 Å². The number of halogens is 2. The molecule has 28 heavy (non-hydrogen) atoms. The number of benzene rings is 2. The highest BCUT2D eigenvalue weighted by Crippen LogP contribution is 2.49. The van der Waals surface area contributed by atoms with E-state index in [1.165, 1.54) is 0 Å². The Bertz CT molecular complexity index is 919. The number of hydrogen-bond donors (Lipinski definition) is 0. The molecule has 1 fully saturated rings. The molecule has 0 amide bonds. The third-order valence-electron chi connectivity index (χ3n) is 5.29. The van der Waals surface area contributed by atoms with Gasteiger partial charge in [0.1, 0.15) is 11.5 Å². The standard InChI is InChI=1S/C22H22F2O4/c1-13-5-9-17(14-6-7-14)19(20(13)28-21(25)22(23,24)26-2)16-8-10-18-15(12-16)4-3-11-27-18/h5,8-10,12,14H,3-4,6-7,11H2,1-2H3. The van der Waals surface area contributed by atoms with Crippen molar-refractivity contribution in [2.45, 2.75) is 44.6 Å². The largest absolute Gasteiger partial charge is 0.493 e. The molecule has 1 heterocycles. The van der Waals surface area contributed by atoms with Gasteiger partial charge in [-0.2, -0.15) is 8.78 Å². The van der Waals surface area contributed by atoms with Crippen LogP contribution in [0.15, 0.2) is 30.3 Å². The van der Waals surface area contributed by atoms with E-state index in [-0.39, 0.29) is 5.75 Å². The molecule has 2 aromatic carbocycles. The fraction of sp³-hybridized carbons (Fsp3) is 0.409. The van der Waals surface area contributed by atoms with Crippen LogP contribution in [0.5, 0.6) is 11.5 Å². The molecule has 4 nitrogen and oxygen atoms in total. The molecule has 2 aromatic rings. The van der Waals surface area contributed by atoms with Crippen molar-refractivity contribution in [3.8, 4) is 22.6 Å². The smallest absolute Gasteiger partial charge is 0.456 e. The van der Waals surface area contributed by atoms with Crippen molar-refractivity contribution in [3.05, 3.63) is 47.0 Å². The quantitative estimate of drug-likeness (QED) is 0.534. The molecule has 148 valence electrons. The third-order valence-corrected chi connectivity index (χ3v) is 5.29. The zero-order valence-corrected chi connectivity index (χ0v) is 15.9. The van der Waals surface area contributed by atoms with E-state index in [0.29, 0.717) is 23.7 Å².